The van der Waals surface area contributed by atoms with Crippen molar-refractivity contribution in [3.63, 3.8) is 0 Å². The Morgan fingerprint density at radius 2 is 0.283 bits per heavy atom. The van der Waals surface area contributed by atoms with Crippen molar-refractivity contribution in [3.05, 3.63) is 0 Å². The fourth-order valence-electron chi connectivity index (χ4n) is 7.28. The van der Waals surface area contributed by atoms with Crippen LogP contribution in [0.1, 0.15) is 174 Å². The van der Waals surface area contributed by atoms with Gasteiger partial charge in [0.15, 0.2) is 0 Å². The van der Waals surface area contributed by atoms with Crippen LogP contribution in [0.25, 0.3) is 0 Å². The quantitative estimate of drug-likeness (QED) is 0.0317. The lowest BCUT2D eigenvalue weighted by molar-refractivity contribution is 0.526. The molecule has 0 fully saturated rings. The summed E-state index contributed by atoms with van der Waals surface area (Å²) in [5.41, 5.74) is 0. The Hall–Kier alpha value is -0.440. The molecule has 0 aliphatic heterocycles. The predicted octanol–water partition coefficient (Wildman–Crippen LogP) is 6.26. The highest BCUT2D eigenvalue weighted by atomic mass is 14.9. The molecule has 11 heteroatoms. The van der Waals surface area contributed by atoms with Gasteiger partial charge in [-0.3, -0.25) is 0 Å². The summed E-state index contributed by atoms with van der Waals surface area (Å²) < 4.78 is 0. The van der Waals surface area contributed by atoms with Gasteiger partial charge in [-0.1, -0.05) is 39.5 Å². The highest BCUT2D eigenvalue weighted by Crippen LogP contribution is 2.01. The van der Waals surface area contributed by atoms with Crippen molar-refractivity contribution in [2.45, 2.75) is 174 Å². The van der Waals surface area contributed by atoms with E-state index in [1.165, 1.54) is 187 Å². The van der Waals surface area contributed by atoms with Crippen molar-refractivity contribution in [2.24, 2.45) is 0 Å². The van der Waals surface area contributed by atoms with Crippen LogP contribution in [0.15, 0.2) is 0 Å². The Labute approximate surface area is 375 Å². The summed E-state index contributed by atoms with van der Waals surface area (Å²) in [6.07, 6.45) is 32.5. The molecule has 60 heavy (non-hydrogen) atoms. The first-order valence-corrected chi connectivity index (χ1v) is 26.7. The molecule has 0 aliphatic carbocycles. The molecule has 0 aromatic heterocycles. The fraction of sp³-hybridized carbons (Fsp3) is 1.00. The lowest BCUT2D eigenvalue weighted by atomic mass is 10.1. The minimum absolute atomic E-state index is 1.09. The van der Waals surface area contributed by atoms with Crippen LogP contribution in [-0.4, -0.2) is 144 Å². The maximum absolute atomic E-state index is 3.64. The molecule has 11 N–H and O–H groups in total. The normalized spacial score (nSPS) is 11.7. The summed E-state index contributed by atoms with van der Waals surface area (Å²) in [4.78, 5) is 0. The number of nitrogens with one attached hydrogen (secondary N) is 11. The summed E-state index contributed by atoms with van der Waals surface area (Å²) in [6, 6.07) is 0. The van der Waals surface area contributed by atoms with Crippen molar-refractivity contribution >= 4 is 0 Å². The average Bonchev–Trinajstić information content (AvgIpc) is 3.26. The summed E-state index contributed by atoms with van der Waals surface area (Å²) in [7, 11) is 0. The third kappa shape index (κ3) is 57.6. The van der Waals surface area contributed by atoms with Crippen LogP contribution in [0.3, 0.4) is 0 Å². The maximum atomic E-state index is 3.64. The van der Waals surface area contributed by atoms with Crippen LogP contribution in [0, 0.1) is 0 Å². The molecule has 0 heterocycles. The second-order valence-corrected chi connectivity index (χ2v) is 17.3. The molecule has 0 saturated carbocycles. The van der Waals surface area contributed by atoms with E-state index in [4.69, 9.17) is 0 Å². The van der Waals surface area contributed by atoms with Crippen molar-refractivity contribution < 1.29 is 0 Å². The molecule has 0 saturated heterocycles. The Balaban J connectivity index is 3.06. The Morgan fingerprint density at radius 3 is 0.433 bits per heavy atom. The van der Waals surface area contributed by atoms with Gasteiger partial charge < -0.3 is 58.5 Å². The van der Waals surface area contributed by atoms with Crippen molar-refractivity contribution in [1.82, 2.24) is 58.5 Å². The Kier molecular flexibility index (Phi) is 58.1. The van der Waals surface area contributed by atoms with E-state index < -0.39 is 0 Å². The standard InChI is InChI=1S/C49H111N11/c1-3-5-6-7-8-30-51-32-11-12-34-53-36-15-16-38-55-40-19-20-42-57-44-23-24-46-59-48-27-28-49-60-47-26-25-45-58-43-22-21-41-56-39-18-17-37-54-35-14-13-33-52-31-10-9-29-50-4-2/h50-60H,3-49H2,1-2H3. The molecule has 0 unspecified atom stereocenters. The lowest BCUT2D eigenvalue weighted by Crippen LogP contribution is -2.23. The Bertz CT molecular complexity index is 663. The molecule has 0 aromatic carbocycles. The van der Waals surface area contributed by atoms with E-state index in [0.29, 0.717) is 0 Å². The number of rotatable bonds is 57. The predicted molar refractivity (Wildman–Crippen MR) is 268 cm³/mol. The smallest absolute Gasteiger partial charge is 0.00484 e. The van der Waals surface area contributed by atoms with Crippen molar-refractivity contribution in [2.75, 3.05) is 144 Å². The summed E-state index contributed by atoms with van der Waals surface area (Å²) in [5.74, 6) is 0. The van der Waals surface area contributed by atoms with Crippen molar-refractivity contribution in [1.29, 1.82) is 0 Å². The van der Waals surface area contributed by atoms with E-state index in [1.807, 2.05) is 0 Å². The molecule has 0 aliphatic rings. The van der Waals surface area contributed by atoms with Crippen LogP contribution in [-0.2, 0) is 0 Å². The molecule has 362 valence electrons. The molecule has 0 amide bonds. The topological polar surface area (TPSA) is 132 Å². The van der Waals surface area contributed by atoms with Gasteiger partial charge in [-0.25, -0.2) is 0 Å². The van der Waals surface area contributed by atoms with Gasteiger partial charge in [0.2, 0.25) is 0 Å². The van der Waals surface area contributed by atoms with E-state index >= 15 is 0 Å². The van der Waals surface area contributed by atoms with Gasteiger partial charge in [-0.15, -0.1) is 0 Å². The molecular formula is C49H111N11. The zero-order valence-electron chi connectivity index (χ0n) is 40.7. The van der Waals surface area contributed by atoms with Gasteiger partial charge in [-0.05, 0) is 279 Å². The zero-order chi connectivity index (χ0) is 43.0. The molecule has 0 radical (unpaired) electrons. The molecule has 0 bridgehead atoms. The van der Waals surface area contributed by atoms with Gasteiger partial charge in [0.05, 0.1) is 0 Å². The molecule has 0 spiro atoms. The van der Waals surface area contributed by atoms with Crippen LogP contribution in [0.2, 0.25) is 0 Å². The third-order valence-corrected chi connectivity index (χ3v) is 11.3. The molecular weight excluding hydrogens is 743 g/mol. The van der Waals surface area contributed by atoms with Crippen LogP contribution in [0.5, 0.6) is 0 Å². The van der Waals surface area contributed by atoms with E-state index in [0.717, 1.165) is 118 Å². The first kappa shape index (κ1) is 59.6. The SMILES string of the molecule is CCCCCCCNCCCCNCCCCNCCCCNCCCCNCCCCNCCCCNCCCCNCCCCNCCCCNCCCCNCC. The van der Waals surface area contributed by atoms with Crippen LogP contribution < -0.4 is 58.5 Å². The highest BCUT2D eigenvalue weighted by molar-refractivity contribution is 4.60. The third-order valence-electron chi connectivity index (χ3n) is 11.3. The maximum Gasteiger partial charge on any atom is -0.00484 e. The number of hydrogen-bond acceptors (Lipinski definition) is 11. The molecule has 0 atom stereocenters. The summed E-state index contributed by atoms with van der Waals surface area (Å²) in [6.45, 7) is 30.0. The second-order valence-electron chi connectivity index (χ2n) is 17.3. The van der Waals surface area contributed by atoms with E-state index in [1.54, 1.807) is 0 Å². The Morgan fingerprint density at radius 1 is 0.150 bits per heavy atom. The van der Waals surface area contributed by atoms with Crippen LogP contribution >= 0.6 is 0 Å². The molecule has 0 rings (SSSR count). The van der Waals surface area contributed by atoms with Gasteiger partial charge >= 0.3 is 0 Å². The average molecular weight is 855 g/mol. The van der Waals surface area contributed by atoms with Gasteiger partial charge in [0, 0.05) is 0 Å². The fourth-order valence-corrected chi connectivity index (χ4v) is 7.28. The van der Waals surface area contributed by atoms with Crippen molar-refractivity contribution in [3.8, 4) is 0 Å². The van der Waals surface area contributed by atoms with Gasteiger partial charge in [-0.2, -0.15) is 0 Å². The van der Waals surface area contributed by atoms with E-state index in [-0.39, 0.29) is 0 Å². The van der Waals surface area contributed by atoms with Crippen LogP contribution in [0.4, 0.5) is 0 Å². The minimum Gasteiger partial charge on any atom is -0.317 e. The van der Waals surface area contributed by atoms with E-state index in [2.05, 4.69) is 72.3 Å². The van der Waals surface area contributed by atoms with Gasteiger partial charge in [0.25, 0.3) is 0 Å². The number of unbranched alkanes of at least 4 members (excludes halogenated alkanes) is 14. The largest absolute Gasteiger partial charge is 0.317 e. The minimum atomic E-state index is 1.09. The van der Waals surface area contributed by atoms with E-state index in [9.17, 15) is 0 Å². The highest BCUT2D eigenvalue weighted by Gasteiger charge is 1.97. The summed E-state index contributed by atoms with van der Waals surface area (Å²) >= 11 is 0. The second kappa shape index (κ2) is 58.6. The van der Waals surface area contributed by atoms with Gasteiger partial charge in [0.1, 0.15) is 0 Å². The summed E-state index contributed by atoms with van der Waals surface area (Å²) in [5, 5.41) is 39.6. The monoisotopic (exact) mass is 854 g/mol. The molecule has 0 aromatic rings. The lowest BCUT2D eigenvalue weighted by Gasteiger charge is -2.08. The first-order valence-electron chi connectivity index (χ1n) is 26.7. The zero-order valence-corrected chi connectivity index (χ0v) is 40.7. The molecule has 11 nitrogen and oxygen atoms in total. The first-order chi connectivity index (χ1) is 29.9. The number of hydrogen-bond donors (Lipinski definition) is 11.